The van der Waals surface area contributed by atoms with Crippen LogP contribution in [0.2, 0.25) is 0 Å². The van der Waals surface area contributed by atoms with E-state index in [-0.39, 0.29) is 0 Å². The zero-order valence-electron chi connectivity index (χ0n) is 13.1. The molecule has 0 saturated heterocycles. The normalized spacial score (nSPS) is 21.7. The first kappa shape index (κ1) is 16.9. The highest BCUT2D eigenvalue weighted by atomic mass is 16.5. The van der Waals surface area contributed by atoms with Crippen molar-refractivity contribution in [3.05, 3.63) is 48.0 Å². The number of methoxy groups -OCH3 is 1. The number of carbonyl (C=O) groups excluding carboxylic acids is 2. The summed E-state index contributed by atoms with van der Waals surface area (Å²) in [5, 5.41) is 12.2. The van der Waals surface area contributed by atoms with Crippen molar-refractivity contribution < 1.29 is 19.4 Å². The van der Waals surface area contributed by atoms with Crippen molar-refractivity contribution in [3.8, 4) is 0 Å². The first-order chi connectivity index (χ1) is 11.0. The van der Waals surface area contributed by atoms with E-state index in [1.54, 1.807) is 18.4 Å². The third kappa shape index (κ3) is 3.84. The Hall–Kier alpha value is -2.47. The molecule has 6 nitrogen and oxygen atoms in total. The number of aliphatic hydroxyl groups is 1. The number of hydrogen-bond donors (Lipinski definition) is 2. The topological polar surface area (TPSA) is 88.0 Å². The Kier molecular flexibility index (Phi) is 5.28. The molecule has 1 aromatic carbocycles. The van der Waals surface area contributed by atoms with Gasteiger partial charge in [-0.25, -0.2) is 4.79 Å². The zero-order valence-corrected chi connectivity index (χ0v) is 13.1. The lowest BCUT2D eigenvalue weighted by molar-refractivity contribution is -0.148. The smallest absolute Gasteiger partial charge is 0.331 e. The number of hydrogen-bond acceptors (Lipinski definition) is 5. The Morgan fingerprint density at radius 1 is 1.35 bits per heavy atom. The second-order valence-electron chi connectivity index (χ2n) is 5.44. The quantitative estimate of drug-likeness (QED) is 0.754. The molecule has 0 fully saturated rings. The lowest BCUT2D eigenvalue weighted by atomic mass is 9.90. The minimum absolute atomic E-state index is 0.361. The van der Waals surface area contributed by atoms with E-state index in [9.17, 15) is 14.7 Å². The molecule has 1 heterocycles. The number of carbonyl (C=O) groups is 2. The van der Waals surface area contributed by atoms with E-state index >= 15 is 0 Å². The van der Waals surface area contributed by atoms with Crippen LogP contribution in [0.3, 0.4) is 0 Å². The summed E-state index contributed by atoms with van der Waals surface area (Å²) in [7, 11) is 1.21. The highest BCUT2D eigenvalue weighted by molar-refractivity contribution is 5.97. The molecule has 3 atom stereocenters. The van der Waals surface area contributed by atoms with Gasteiger partial charge < -0.3 is 15.2 Å². The second kappa shape index (κ2) is 7.19. The first-order valence-corrected chi connectivity index (χ1v) is 7.32. The van der Waals surface area contributed by atoms with Gasteiger partial charge in [0, 0.05) is 12.6 Å². The summed E-state index contributed by atoms with van der Waals surface area (Å²) in [5.41, 5.74) is -0.180. The summed E-state index contributed by atoms with van der Waals surface area (Å²) < 4.78 is 4.62. The van der Waals surface area contributed by atoms with Crippen LogP contribution in [0, 0.1) is 0 Å². The molecule has 0 saturated carbocycles. The largest absolute Gasteiger partial charge is 0.467 e. The van der Waals surface area contributed by atoms with Crippen molar-refractivity contribution in [1.29, 1.82) is 0 Å². The van der Waals surface area contributed by atoms with E-state index in [0.29, 0.717) is 6.42 Å². The molecular formula is C17H20N2O4. The standard InChI is InChI=1S/C17H20N2O4/c1-12(20)14(15(21)23-2)19-16(22)17(9-6-10-18-17)11-13-7-4-3-5-8-13/h3-10,12,14,20H,11H2,1-2H3,(H,19,22)/t12-,14+,17?/m1/s1. The number of nitrogens with one attached hydrogen (secondary N) is 1. The van der Waals surface area contributed by atoms with Crippen molar-refractivity contribution in [2.45, 2.75) is 31.0 Å². The number of benzene rings is 1. The molecule has 0 aliphatic carbocycles. The molecule has 1 unspecified atom stereocenters. The highest BCUT2D eigenvalue weighted by Crippen LogP contribution is 2.23. The molecule has 1 aliphatic heterocycles. The molecule has 122 valence electrons. The van der Waals surface area contributed by atoms with E-state index in [2.05, 4.69) is 15.0 Å². The first-order valence-electron chi connectivity index (χ1n) is 7.32. The number of allylic oxidation sites excluding steroid dienone is 1. The monoisotopic (exact) mass is 316 g/mol. The van der Waals surface area contributed by atoms with E-state index in [0.717, 1.165) is 5.56 Å². The van der Waals surface area contributed by atoms with Gasteiger partial charge >= 0.3 is 5.97 Å². The maximum atomic E-state index is 12.7. The Balaban J connectivity index is 2.20. The average Bonchev–Trinajstić information content (AvgIpc) is 3.02. The van der Waals surface area contributed by atoms with Crippen LogP contribution >= 0.6 is 0 Å². The van der Waals surface area contributed by atoms with Crippen molar-refractivity contribution in [1.82, 2.24) is 5.32 Å². The number of aliphatic hydroxyl groups excluding tert-OH is 1. The van der Waals surface area contributed by atoms with Gasteiger partial charge in [0.05, 0.1) is 13.2 Å². The van der Waals surface area contributed by atoms with Gasteiger partial charge in [-0.2, -0.15) is 0 Å². The van der Waals surface area contributed by atoms with Crippen LogP contribution < -0.4 is 5.32 Å². The third-order valence-corrected chi connectivity index (χ3v) is 3.70. The number of aliphatic imine (C=N–C) groups is 1. The summed E-state index contributed by atoms with van der Waals surface area (Å²) in [6, 6.07) is 8.34. The van der Waals surface area contributed by atoms with E-state index < -0.39 is 29.6 Å². The Morgan fingerprint density at radius 3 is 2.57 bits per heavy atom. The molecule has 2 rings (SSSR count). The number of nitrogens with zero attached hydrogens (tertiary/aromatic N) is 1. The van der Waals surface area contributed by atoms with Crippen molar-refractivity contribution in [2.75, 3.05) is 7.11 Å². The highest BCUT2D eigenvalue weighted by Gasteiger charge is 2.40. The van der Waals surface area contributed by atoms with Gasteiger partial charge in [-0.3, -0.25) is 9.79 Å². The lowest BCUT2D eigenvalue weighted by Crippen LogP contribution is -2.55. The summed E-state index contributed by atoms with van der Waals surface area (Å²) in [4.78, 5) is 28.7. The van der Waals surface area contributed by atoms with Crippen LogP contribution in [0.15, 0.2) is 47.5 Å². The van der Waals surface area contributed by atoms with E-state index in [1.807, 2.05) is 30.3 Å². The van der Waals surface area contributed by atoms with Crippen molar-refractivity contribution in [3.63, 3.8) is 0 Å². The van der Waals surface area contributed by atoms with Gasteiger partial charge in [0.15, 0.2) is 11.6 Å². The number of esters is 1. The summed E-state index contributed by atoms with van der Waals surface area (Å²) in [6.07, 6.45) is 4.22. The maximum absolute atomic E-state index is 12.7. The van der Waals surface area contributed by atoms with Crippen LogP contribution in [-0.4, -0.2) is 48.0 Å². The van der Waals surface area contributed by atoms with Crippen LogP contribution in [0.25, 0.3) is 0 Å². The molecular weight excluding hydrogens is 296 g/mol. The molecule has 0 bridgehead atoms. The second-order valence-corrected chi connectivity index (χ2v) is 5.44. The van der Waals surface area contributed by atoms with Crippen molar-refractivity contribution in [2.24, 2.45) is 4.99 Å². The Labute approximate surface area is 134 Å². The lowest BCUT2D eigenvalue weighted by Gasteiger charge is -2.27. The predicted molar refractivity (Wildman–Crippen MR) is 86.1 cm³/mol. The fourth-order valence-electron chi connectivity index (χ4n) is 2.42. The molecule has 1 amide bonds. The van der Waals surface area contributed by atoms with Gasteiger partial charge in [0.2, 0.25) is 0 Å². The fourth-order valence-corrected chi connectivity index (χ4v) is 2.42. The molecule has 1 aliphatic rings. The van der Waals surface area contributed by atoms with Crippen LogP contribution in [0.1, 0.15) is 12.5 Å². The average molecular weight is 316 g/mol. The maximum Gasteiger partial charge on any atom is 0.331 e. The molecule has 23 heavy (non-hydrogen) atoms. The van der Waals surface area contributed by atoms with Crippen LogP contribution in [0.4, 0.5) is 0 Å². The van der Waals surface area contributed by atoms with Gasteiger partial charge in [0.25, 0.3) is 5.91 Å². The van der Waals surface area contributed by atoms with Gasteiger partial charge in [-0.1, -0.05) is 30.3 Å². The SMILES string of the molecule is COC(=O)[C@@H](NC(=O)C1(Cc2ccccc2)C=CC=N1)[C@@H](C)O. The predicted octanol–water partition coefficient (Wildman–Crippen LogP) is 0.647. The molecule has 2 N–H and O–H groups in total. The summed E-state index contributed by atoms with van der Waals surface area (Å²) >= 11 is 0. The zero-order chi connectivity index (χ0) is 16.9. The van der Waals surface area contributed by atoms with Crippen LogP contribution in [0.5, 0.6) is 0 Å². The summed E-state index contributed by atoms with van der Waals surface area (Å²) in [6.45, 7) is 1.42. The molecule has 0 spiro atoms. The van der Waals surface area contributed by atoms with E-state index in [1.165, 1.54) is 14.0 Å². The number of rotatable bonds is 6. The van der Waals surface area contributed by atoms with Crippen molar-refractivity contribution >= 4 is 18.1 Å². The Morgan fingerprint density at radius 2 is 2.04 bits per heavy atom. The van der Waals surface area contributed by atoms with E-state index in [4.69, 9.17) is 0 Å². The minimum atomic E-state index is -1.13. The molecule has 0 radical (unpaired) electrons. The molecule has 6 heteroatoms. The van der Waals surface area contributed by atoms with Gasteiger partial charge in [0.1, 0.15) is 0 Å². The van der Waals surface area contributed by atoms with Crippen LogP contribution in [-0.2, 0) is 20.7 Å². The van der Waals surface area contributed by atoms with Gasteiger partial charge in [-0.05, 0) is 24.6 Å². The minimum Gasteiger partial charge on any atom is -0.467 e. The van der Waals surface area contributed by atoms with Gasteiger partial charge in [-0.15, -0.1) is 0 Å². The Bertz CT molecular complexity index is 611. The molecule has 0 aromatic heterocycles. The molecule has 1 aromatic rings. The summed E-state index contributed by atoms with van der Waals surface area (Å²) in [5.74, 6) is -1.16. The third-order valence-electron chi connectivity index (χ3n) is 3.70. The number of amides is 1. The number of ether oxygens (including phenoxy) is 1. The fraction of sp³-hybridized carbons (Fsp3) is 0.353.